The molecule has 0 aliphatic heterocycles. The van der Waals surface area contributed by atoms with Crippen LogP contribution in [0.3, 0.4) is 0 Å². The van der Waals surface area contributed by atoms with Crippen LogP contribution in [0.4, 0.5) is 10.5 Å². The lowest BCUT2D eigenvalue weighted by molar-refractivity contribution is 0.0963. The fourth-order valence-electron chi connectivity index (χ4n) is 2.50. The Labute approximate surface area is 119 Å². The quantitative estimate of drug-likeness (QED) is 0.793. The van der Waals surface area contributed by atoms with Crippen molar-refractivity contribution >= 4 is 17.6 Å². The second-order valence-electron chi connectivity index (χ2n) is 5.19. The molecular formula is C15H21N3O2. The Morgan fingerprint density at radius 1 is 1.20 bits per heavy atom. The molecule has 0 radical (unpaired) electrons. The number of amides is 3. The predicted molar refractivity (Wildman–Crippen MR) is 79.0 cm³/mol. The van der Waals surface area contributed by atoms with E-state index < -0.39 is 0 Å². The summed E-state index contributed by atoms with van der Waals surface area (Å²) >= 11 is 0. The van der Waals surface area contributed by atoms with Crippen molar-refractivity contribution in [2.75, 3.05) is 12.4 Å². The van der Waals surface area contributed by atoms with Crippen LogP contribution in [0.1, 0.15) is 41.6 Å². The average Bonchev–Trinajstić information content (AvgIpc) is 2.93. The first-order chi connectivity index (χ1) is 9.60. The molecule has 5 nitrogen and oxygen atoms in total. The second-order valence-corrected chi connectivity index (χ2v) is 5.19. The first-order valence-electron chi connectivity index (χ1n) is 7.00. The van der Waals surface area contributed by atoms with Gasteiger partial charge in [-0.15, -0.1) is 0 Å². The number of rotatable bonds is 3. The van der Waals surface area contributed by atoms with Crippen molar-refractivity contribution in [1.29, 1.82) is 0 Å². The van der Waals surface area contributed by atoms with E-state index in [9.17, 15) is 9.59 Å². The highest BCUT2D eigenvalue weighted by molar-refractivity contribution is 5.96. The van der Waals surface area contributed by atoms with E-state index in [2.05, 4.69) is 16.0 Å². The van der Waals surface area contributed by atoms with Crippen LogP contribution in [-0.2, 0) is 0 Å². The van der Waals surface area contributed by atoms with Crippen LogP contribution in [0.25, 0.3) is 0 Å². The number of carbonyl (C=O) groups excluding carboxylic acids is 2. The van der Waals surface area contributed by atoms with Gasteiger partial charge in [-0.2, -0.15) is 0 Å². The molecule has 1 aliphatic rings. The van der Waals surface area contributed by atoms with Gasteiger partial charge in [0.1, 0.15) is 0 Å². The summed E-state index contributed by atoms with van der Waals surface area (Å²) in [7, 11) is 1.60. The number of urea groups is 1. The molecule has 1 fully saturated rings. The first-order valence-corrected chi connectivity index (χ1v) is 7.00. The Morgan fingerprint density at radius 2 is 1.90 bits per heavy atom. The summed E-state index contributed by atoms with van der Waals surface area (Å²) in [6.45, 7) is 1.87. The molecule has 0 unspecified atom stereocenters. The summed E-state index contributed by atoms with van der Waals surface area (Å²) in [6.07, 6.45) is 4.49. The van der Waals surface area contributed by atoms with Crippen LogP contribution in [0, 0.1) is 6.92 Å². The molecule has 1 aromatic carbocycles. The molecule has 20 heavy (non-hydrogen) atoms. The third-order valence-corrected chi connectivity index (χ3v) is 3.65. The lowest BCUT2D eigenvalue weighted by Gasteiger charge is -2.14. The molecule has 0 aromatic heterocycles. The monoisotopic (exact) mass is 275 g/mol. The molecule has 3 amide bonds. The highest BCUT2D eigenvalue weighted by Crippen LogP contribution is 2.19. The number of carbonyl (C=O) groups is 2. The summed E-state index contributed by atoms with van der Waals surface area (Å²) in [6, 6.07) is 5.35. The summed E-state index contributed by atoms with van der Waals surface area (Å²) in [5.74, 6) is -0.130. The number of nitrogens with one attached hydrogen (secondary N) is 3. The van der Waals surface area contributed by atoms with Gasteiger partial charge in [-0.3, -0.25) is 4.79 Å². The molecule has 0 spiro atoms. The van der Waals surface area contributed by atoms with Gasteiger partial charge in [0.25, 0.3) is 5.91 Å². The van der Waals surface area contributed by atoms with E-state index in [0.717, 1.165) is 24.1 Å². The fraction of sp³-hybridized carbons (Fsp3) is 0.467. The van der Waals surface area contributed by atoms with Crippen LogP contribution in [0.5, 0.6) is 0 Å². The number of aryl methyl sites for hydroxylation is 1. The smallest absolute Gasteiger partial charge is 0.319 e. The Morgan fingerprint density at radius 3 is 2.50 bits per heavy atom. The average molecular weight is 275 g/mol. The molecule has 3 N–H and O–H groups in total. The Kier molecular flexibility index (Phi) is 4.61. The van der Waals surface area contributed by atoms with Crippen molar-refractivity contribution in [2.24, 2.45) is 0 Å². The van der Waals surface area contributed by atoms with Crippen LogP contribution in [0.2, 0.25) is 0 Å². The minimum atomic E-state index is -0.173. The zero-order chi connectivity index (χ0) is 14.5. The largest absolute Gasteiger partial charge is 0.355 e. The van der Waals surface area contributed by atoms with E-state index in [1.54, 1.807) is 25.2 Å². The van der Waals surface area contributed by atoms with Crippen molar-refractivity contribution in [3.63, 3.8) is 0 Å². The van der Waals surface area contributed by atoms with Crippen molar-refractivity contribution in [1.82, 2.24) is 10.6 Å². The number of hydrogen-bond donors (Lipinski definition) is 3. The first kappa shape index (κ1) is 14.4. The van der Waals surface area contributed by atoms with Gasteiger partial charge in [0.15, 0.2) is 0 Å². The van der Waals surface area contributed by atoms with Crippen LogP contribution in [-0.4, -0.2) is 25.0 Å². The van der Waals surface area contributed by atoms with E-state index in [1.165, 1.54) is 12.8 Å². The summed E-state index contributed by atoms with van der Waals surface area (Å²) < 4.78 is 0. The highest BCUT2D eigenvalue weighted by atomic mass is 16.2. The zero-order valence-electron chi connectivity index (χ0n) is 12.0. The molecule has 1 aromatic rings. The lowest BCUT2D eigenvalue weighted by Crippen LogP contribution is -2.36. The molecule has 5 heteroatoms. The Balaban J connectivity index is 1.98. The highest BCUT2D eigenvalue weighted by Gasteiger charge is 2.17. The Hall–Kier alpha value is -2.04. The maximum atomic E-state index is 11.9. The fourth-order valence-corrected chi connectivity index (χ4v) is 2.50. The molecule has 0 atom stereocenters. The molecular weight excluding hydrogens is 254 g/mol. The van der Waals surface area contributed by atoms with Crippen molar-refractivity contribution in [2.45, 2.75) is 38.6 Å². The third-order valence-electron chi connectivity index (χ3n) is 3.65. The van der Waals surface area contributed by atoms with Gasteiger partial charge >= 0.3 is 6.03 Å². The second kappa shape index (κ2) is 6.41. The number of benzene rings is 1. The maximum Gasteiger partial charge on any atom is 0.319 e. The van der Waals surface area contributed by atoms with Crippen molar-refractivity contribution < 1.29 is 9.59 Å². The predicted octanol–water partition coefficient (Wildman–Crippen LogP) is 2.42. The van der Waals surface area contributed by atoms with Crippen LogP contribution >= 0.6 is 0 Å². The van der Waals surface area contributed by atoms with E-state index >= 15 is 0 Å². The normalized spacial score (nSPS) is 14.9. The minimum absolute atomic E-state index is 0.130. The Bertz CT molecular complexity index is 508. The summed E-state index contributed by atoms with van der Waals surface area (Å²) in [5.41, 5.74) is 2.19. The SMILES string of the molecule is CNC(=O)c1ccc(NC(=O)NC2CCCC2)c(C)c1. The topological polar surface area (TPSA) is 70.2 Å². The van der Waals surface area contributed by atoms with Gasteiger partial charge in [-0.25, -0.2) is 4.79 Å². The van der Waals surface area contributed by atoms with Gasteiger partial charge in [-0.05, 0) is 43.5 Å². The van der Waals surface area contributed by atoms with E-state index in [-0.39, 0.29) is 11.9 Å². The number of hydrogen-bond acceptors (Lipinski definition) is 2. The summed E-state index contributed by atoms with van der Waals surface area (Å²) in [4.78, 5) is 23.4. The summed E-state index contributed by atoms with van der Waals surface area (Å²) in [5, 5.41) is 8.39. The van der Waals surface area contributed by atoms with E-state index in [0.29, 0.717) is 11.6 Å². The van der Waals surface area contributed by atoms with Crippen molar-refractivity contribution in [3.05, 3.63) is 29.3 Å². The van der Waals surface area contributed by atoms with Crippen molar-refractivity contribution in [3.8, 4) is 0 Å². The molecule has 1 saturated carbocycles. The van der Waals surface area contributed by atoms with Gasteiger partial charge in [0.2, 0.25) is 0 Å². The van der Waals surface area contributed by atoms with Gasteiger partial charge in [0, 0.05) is 24.3 Å². The minimum Gasteiger partial charge on any atom is -0.355 e. The van der Waals surface area contributed by atoms with Crippen LogP contribution < -0.4 is 16.0 Å². The van der Waals surface area contributed by atoms with Crippen LogP contribution in [0.15, 0.2) is 18.2 Å². The van der Waals surface area contributed by atoms with E-state index in [1.807, 2.05) is 6.92 Å². The molecule has 0 saturated heterocycles. The molecule has 108 valence electrons. The third kappa shape index (κ3) is 3.50. The van der Waals surface area contributed by atoms with E-state index in [4.69, 9.17) is 0 Å². The molecule has 1 aliphatic carbocycles. The number of anilines is 1. The van der Waals surface area contributed by atoms with Gasteiger partial charge in [0.05, 0.1) is 0 Å². The lowest BCUT2D eigenvalue weighted by atomic mass is 10.1. The maximum absolute atomic E-state index is 11.9. The molecule has 0 bridgehead atoms. The van der Waals surface area contributed by atoms with Gasteiger partial charge in [-0.1, -0.05) is 12.8 Å². The molecule has 0 heterocycles. The standard InChI is InChI=1S/C15H21N3O2/c1-10-9-11(14(19)16-2)7-8-13(10)18-15(20)17-12-5-3-4-6-12/h7-9,12H,3-6H2,1-2H3,(H,16,19)(H2,17,18,20). The molecule has 2 rings (SSSR count). The zero-order valence-corrected chi connectivity index (χ0v) is 12.0. The van der Waals surface area contributed by atoms with Gasteiger partial charge < -0.3 is 16.0 Å².